The quantitative estimate of drug-likeness (QED) is 0.107. The Balaban J connectivity index is 1.71. The van der Waals surface area contributed by atoms with E-state index in [2.05, 4.69) is 39.0 Å². The molecular weight excluding hydrogens is 482 g/mol. The number of rotatable bonds is 6. The van der Waals surface area contributed by atoms with Crippen LogP contribution < -0.4 is 5.48 Å². The Labute approximate surface area is 228 Å². The molecule has 1 amide bonds. The highest BCUT2D eigenvalue weighted by molar-refractivity contribution is 5.74. The van der Waals surface area contributed by atoms with Gasteiger partial charge >= 0.3 is 5.97 Å². The van der Waals surface area contributed by atoms with Gasteiger partial charge in [0.05, 0.1) is 30.8 Å². The zero-order valence-corrected chi connectivity index (χ0v) is 23.3. The first kappa shape index (κ1) is 30.3. The molecule has 0 aromatic heterocycles. The zero-order chi connectivity index (χ0) is 27.3. The van der Waals surface area contributed by atoms with Crippen molar-refractivity contribution < 1.29 is 29.0 Å². The fourth-order valence-electron chi connectivity index (χ4n) is 5.61. The average Bonchev–Trinajstić information content (AvgIpc) is 2.89. The third kappa shape index (κ3) is 10.5. The van der Waals surface area contributed by atoms with E-state index in [0.717, 1.165) is 38.5 Å². The first-order valence-electron chi connectivity index (χ1n) is 14.4. The van der Waals surface area contributed by atoms with Crippen LogP contribution in [0.25, 0.3) is 0 Å². The van der Waals surface area contributed by atoms with Gasteiger partial charge in [-0.2, -0.15) is 0 Å². The van der Waals surface area contributed by atoms with Gasteiger partial charge in [-0.3, -0.25) is 14.8 Å². The summed E-state index contributed by atoms with van der Waals surface area (Å²) >= 11 is 0. The van der Waals surface area contributed by atoms with E-state index in [1.807, 2.05) is 24.3 Å². The second-order valence-corrected chi connectivity index (χ2v) is 11.1. The second kappa shape index (κ2) is 16.0. The second-order valence-electron chi connectivity index (χ2n) is 11.1. The summed E-state index contributed by atoms with van der Waals surface area (Å²) in [6.07, 6.45) is 23.1. The molecule has 2 fully saturated rings. The molecule has 4 bridgehead atoms. The molecule has 212 valence electrons. The van der Waals surface area contributed by atoms with Gasteiger partial charge in [0.1, 0.15) is 6.10 Å². The maximum Gasteiger partial charge on any atom is 0.309 e. The summed E-state index contributed by atoms with van der Waals surface area (Å²) in [4.78, 5) is 24.2. The van der Waals surface area contributed by atoms with Crippen LogP contribution in [-0.4, -0.2) is 47.6 Å². The van der Waals surface area contributed by atoms with E-state index in [4.69, 9.17) is 19.4 Å². The Hall–Kier alpha value is -2.22. The van der Waals surface area contributed by atoms with Crippen LogP contribution in [0.15, 0.2) is 48.1 Å². The molecule has 7 heteroatoms. The summed E-state index contributed by atoms with van der Waals surface area (Å²) in [6, 6.07) is 0. The van der Waals surface area contributed by atoms with Crippen molar-refractivity contribution in [2.24, 2.45) is 11.8 Å². The molecule has 7 unspecified atom stereocenters. The third-order valence-electron chi connectivity index (χ3n) is 7.74. The summed E-state index contributed by atoms with van der Waals surface area (Å²) in [5.74, 6) is -0.241. The number of hydroxylamine groups is 1. The normalized spacial score (nSPS) is 35.3. The molecular formula is C31H47NO6. The molecule has 7 atom stereocenters. The number of amides is 1. The fraction of sp³-hybridized carbons (Fsp3) is 0.677. The maximum absolute atomic E-state index is 13.0. The summed E-state index contributed by atoms with van der Waals surface area (Å²) in [5.41, 5.74) is 2.99. The van der Waals surface area contributed by atoms with Gasteiger partial charge in [-0.15, -0.1) is 0 Å². The smallest absolute Gasteiger partial charge is 0.309 e. The molecule has 0 aromatic rings. The molecule has 38 heavy (non-hydrogen) atoms. The van der Waals surface area contributed by atoms with Crippen LogP contribution in [-0.2, 0) is 23.8 Å². The lowest BCUT2D eigenvalue weighted by Crippen LogP contribution is -2.37. The lowest BCUT2D eigenvalue weighted by atomic mass is 9.90. The standard InChI is InChI=1S/C31H47NO6/c1-4-24-18-27-20-26-12-10-11-25(36-26)17-22(2)15-16-23(3)29(38-31(34)21-28(19-24)37-27)13-8-6-5-7-9-14-30(33)32-35/h4-6,8,13,15-16,22-23,25-29,35H,7,9-12,14,17-21H2,1-3H3,(H,32,33)/b6-5-,13-8+,16-15+,24-4-. The number of allylic oxidation sites excluding steroid dienone is 5. The molecule has 0 radical (unpaired) electrons. The van der Waals surface area contributed by atoms with Crippen molar-refractivity contribution in [3.05, 3.63) is 48.1 Å². The van der Waals surface area contributed by atoms with Gasteiger partial charge in [0, 0.05) is 18.8 Å². The minimum absolute atomic E-state index is 0.0124. The zero-order valence-electron chi connectivity index (χ0n) is 23.3. The Morgan fingerprint density at radius 1 is 1.03 bits per heavy atom. The number of carbonyl (C=O) groups is 2. The molecule has 3 aliphatic rings. The molecule has 2 saturated heterocycles. The number of nitrogens with one attached hydrogen (secondary N) is 1. The van der Waals surface area contributed by atoms with Crippen molar-refractivity contribution >= 4 is 11.9 Å². The minimum Gasteiger partial charge on any atom is -0.457 e. The Bertz CT molecular complexity index is 878. The molecule has 0 aromatic carbocycles. The predicted octanol–water partition coefficient (Wildman–Crippen LogP) is 6.13. The number of ether oxygens (including phenoxy) is 3. The highest BCUT2D eigenvalue weighted by Gasteiger charge is 2.32. The highest BCUT2D eigenvalue weighted by atomic mass is 16.5. The van der Waals surface area contributed by atoms with Gasteiger partial charge in [0.25, 0.3) is 0 Å². The topological polar surface area (TPSA) is 94.1 Å². The van der Waals surface area contributed by atoms with Crippen LogP contribution in [0, 0.1) is 11.8 Å². The predicted molar refractivity (Wildman–Crippen MR) is 147 cm³/mol. The molecule has 7 nitrogen and oxygen atoms in total. The number of fused-ring (bicyclic) bond motifs is 4. The number of carbonyl (C=O) groups excluding carboxylic acids is 2. The largest absolute Gasteiger partial charge is 0.457 e. The Morgan fingerprint density at radius 3 is 2.53 bits per heavy atom. The number of esters is 1. The lowest BCUT2D eigenvalue weighted by Gasteiger charge is -2.37. The van der Waals surface area contributed by atoms with Crippen LogP contribution in [0.3, 0.4) is 0 Å². The van der Waals surface area contributed by atoms with E-state index in [-0.39, 0.29) is 61.2 Å². The van der Waals surface area contributed by atoms with Gasteiger partial charge in [-0.25, -0.2) is 5.48 Å². The van der Waals surface area contributed by atoms with E-state index in [0.29, 0.717) is 18.8 Å². The lowest BCUT2D eigenvalue weighted by molar-refractivity contribution is -0.154. The average molecular weight is 530 g/mol. The molecule has 2 N–H and O–H groups in total. The van der Waals surface area contributed by atoms with Crippen LogP contribution in [0.4, 0.5) is 0 Å². The van der Waals surface area contributed by atoms with Gasteiger partial charge in [0.15, 0.2) is 0 Å². The van der Waals surface area contributed by atoms with E-state index in [1.165, 1.54) is 12.0 Å². The van der Waals surface area contributed by atoms with Gasteiger partial charge in [-0.05, 0) is 70.3 Å². The Kier molecular flexibility index (Phi) is 12.8. The first-order chi connectivity index (χ1) is 18.4. The summed E-state index contributed by atoms with van der Waals surface area (Å²) in [5, 5.41) is 8.57. The summed E-state index contributed by atoms with van der Waals surface area (Å²) in [6.45, 7) is 6.37. The first-order valence-corrected chi connectivity index (χ1v) is 14.4. The minimum atomic E-state index is -0.389. The van der Waals surface area contributed by atoms with Crippen molar-refractivity contribution in [3.63, 3.8) is 0 Å². The van der Waals surface area contributed by atoms with E-state index < -0.39 is 0 Å². The van der Waals surface area contributed by atoms with Crippen LogP contribution in [0.1, 0.15) is 91.4 Å². The molecule has 0 saturated carbocycles. The number of hydrogen-bond donors (Lipinski definition) is 2. The maximum atomic E-state index is 13.0. The van der Waals surface area contributed by atoms with Crippen LogP contribution >= 0.6 is 0 Å². The number of unbranched alkanes of at least 4 members (excludes halogenated alkanes) is 1. The number of cyclic esters (lactones) is 1. The van der Waals surface area contributed by atoms with Crippen molar-refractivity contribution in [1.29, 1.82) is 0 Å². The van der Waals surface area contributed by atoms with E-state index in [9.17, 15) is 9.59 Å². The monoisotopic (exact) mass is 529 g/mol. The molecule has 0 spiro atoms. The number of hydrogen-bond acceptors (Lipinski definition) is 6. The summed E-state index contributed by atoms with van der Waals surface area (Å²) < 4.78 is 18.9. The van der Waals surface area contributed by atoms with E-state index >= 15 is 0 Å². The Morgan fingerprint density at radius 2 is 1.76 bits per heavy atom. The van der Waals surface area contributed by atoms with Crippen molar-refractivity contribution in [2.45, 2.75) is 122 Å². The third-order valence-corrected chi connectivity index (χ3v) is 7.74. The fourth-order valence-corrected chi connectivity index (χ4v) is 5.61. The van der Waals surface area contributed by atoms with Crippen LogP contribution in [0.2, 0.25) is 0 Å². The van der Waals surface area contributed by atoms with Gasteiger partial charge in [-0.1, -0.05) is 55.9 Å². The summed E-state index contributed by atoms with van der Waals surface area (Å²) in [7, 11) is 0. The molecule has 0 aliphatic carbocycles. The SMILES string of the molecule is C/C=C1\CC2CC(=O)OC(/C=C/C=C\CCCC(=O)NO)C(C)/C=C/C(C)CC3CCCC(CC(C1)O2)O3. The van der Waals surface area contributed by atoms with E-state index in [1.54, 1.807) is 5.48 Å². The van der Waals surface area contributed by atoms with Gasteiger partial charge < -0.3 is 14.2 Å². The van der Waals surface area contributed by atoms with Crippen molar-refractivity contribution in [2.75, 3.05) is 0 Å². The van der Waals surface area contributed by atoms with Gasteiger partial charge in [0.2, 0.25) is 5.91 Å². The van der Waals surface area contributed by atoms with Crippen molar-refractivity contribution in [3.8, 4) is 0 Å². The molecule has 3 aliphatic heterocycles. The molecule has 3 heterocycles. The highest BCUT2D eigenvalue weighted by Crippen LogP contribution is 2.33. The van der Waals surface area contributed by atoms with Crippen molar-refractivity contribution in [1.82, 2.24) is 5.48 Å². The molecule has 3 rings (SSSR count). The van der Waals surface area contributed by atoms with Crippen LogP contribution in [0.5, 0.6) is 0 Å².